The van der Waals surface area contributed by atoms with Gasteiger partial charge in [0.2, 0.25) is 0 Å². The van der Waals surface area contributed by atoms with Crippen LogP contribution in [0.25, 0.3) is 0 Å². The molecule has 1 aromatic heterocycles. The Morgan fingerprint density at radius 3 is 2.94 bits per heavy atom. The van der Waals surface area contributed by atoms with E-state index in [-0.39, 0.29) is 0 Å². The van der Waals surface area contributed by atoms with Crippen LogP contribution in [0.5, 0.6) is 0 Å². The van der Waals surface area contributed by atoms with Crippen molar-refractivity contribution in [2.75, 3.05) is 7.05 Å². The Hall–Kier alpha value is -1.92. The number of aromatic nitrogens is 2. The highest BCUT2D eigenvalue weighted by Gasteiger charge is 2.19. The van der Waals surface area contributed by atoms with E-state index in [4.69, 9.17) is 0 Å². The molecule has 1 heterocycles. The quantitative estimate of drug-likeness (QED) is 0.478. The van der Waals surface area contributed by atoms with Gasteiger partial charge in [-0.2, -0.15) is 5.10 Å². The van der Waals surface area contributed by atoms with Gasteiger partial charge in [-0.3, -0.25) is 9.52 Å². The lowest BCUT2D eigenvalue weighted by Crippen LogP contribution is -2.29. The molecule has 0 radical (unpaired) electrons. The van der Waals surface area contributed by atoms with E-state index in [1.165, 1.54) is 24.1 Å². The average Bonchev–Trinajstić information content (AvgIpc) is 2.65. The van der Waals surface area contributed by atoms with Crippen molar-refractivity contribution in [3.8, 4) is 0 Å². The van der Waals surface area contributed by atoms with Gasteiger partial charge in [-0.1, -0.05) is 5.16 Å². The molecule has 0 fully saturated rings. The molecular formula is C9H13FN4O2. The summed E-state index contributed by atoms with van der Waals surface area (Å²) in [5.74, 6) is -0.436. The molecule has 1 N–H and O–H groups in total. The van der Waals surface area contributed by atoms with E-state index in [9.17, 15) is 9.18 Å². The number of carbonyl (C=O) groups excluding carboxylic acids is 1. The van der Waals surface area contributed by atoms with Crippen molar-refractivity contribution in [2.24, 2.45) is 5.16 Å². The lowest BCUT2D eigenvalue weighted by Gasteiger charge is -2.18. The minimum Gasteiger partial charge on any atom is -0.323 e. The molecule has 0 saturated heterocycles. The van der Waals surface area contributed by atoms with Gasteiger partial charge in [0.1, 0.15) is 0 Å². The summed E-state index contributed by atoms with van der Waals surface area (Å²) in [5, 5.41) is 9.52. The van der Waals surface area contributed by atoms with Gasteiger partial charge in [-0.25, -0.2) is 9.18 Å². The van der Waals surface area contributed by atoms with Crippen molar-refractivity contribution < 1.29 is 14.0 Å². The molecule has 88 valence electrons. The fraction of sp³-hybridized carbons (Fsp3) is 0.444. The number of hydrogen-bond acceptors (Lipinski definition) is 4. The zero-order valence-electron chi connectivity index (χ0n) is 9.27. The first-order chi connectivity index (χ1) is 7.45. The van der Waals surface area contributed by atoms with E-state index in [0.717, 1.165) is 6.20 Å². The number of amides is 1. The van der Waals surface area contributed by atoms with Gasteiger partial charge in [-0.05, 0) is 13.8 Å². The summed E-state index contributed by atoms with van der Waals surface area (Å²) >= 11 is 0. The standard InChI is InChI=1S/C9H13FN4O2/c1-9(2,6-13-16-8(15)11-3)14-5-7(10)4-12-14/h4-6H,1-3H3,(H,11,15). The Labute approximate surface area is 92.1 Å². The molecule has 6 nitrogen and oxygen atoms in total. The van der Waals surface area contributed by atoms with Crippen LogP contribution in [0.15, 0.2) is 17.5 Å². The van der Waals surface area contributed by atoms with Crippen LogP contribution < -0.4 is 5.32 Å². The monoisotopic (exact) mass is 228 g/mol. The molecule has 7 heteroatoms. The summed E-state index contributed by atoms with van der Waals surface area (Å²) in [6.45, 7) is 3.49. The predicted molar refractivity (Wildman–Crippen MR) is 55.5 cm³/mol. The highest BCUT2D eigenvalue weighted by Crippen LogP contribution is 2.11. The first kappa shape index (κ1) is 12.2. The minimum atomic E-state index is -0.682. The van der Waals surface area contributed by atoms with Gasteiger partial charge in [0, 0.05) is 7.05 Å². The molecule has 1 amide bonds. The van der Waals surface area contributed by atoms with Crippen LogP contribution in [-0.2, 0) is 10.4 Å². The fourth-order valence-corrected chi connectivity index (χ4v) is 0.924. The van der Waals surface area contributed by atoms with Crippen LogP contribution in [0, 0.1) is 5.82 Å². The maximum Gasteiger partial charge on any atom is 0.433 e. The first-order valence-corrected chi connectivity index (χ1v) is 4.59. The number of hydrogen-bond donors (Lipinski definition) is 1. The Morgan fingerprint density at radius 2 is 2.44 bits per heavy atom. The Morgan fingerprint density at radius 1 is 1.75 bits per heavy atom. The lowest BCUT2D eigenvalue weighted by atomic mass is 10.1. The van der Waals surface area contributed by atoms with Crippen LogP contribution >= 0.6 is 0 Å². The maximum absolute atomic E-state index is 12.7. The largest absolute Gasteiger partial charge is 0.433 e. The third-order valence-electron chi connectivity index (χ3n) is 1.85. The van der Waals surface area contributed by atoms with Crippen LogP contribution in [0.1, 0.15) is 13.8 Å². The molecule has 0 saturated carbocycles. The fourth-order valence-electron chi connectivity index (χ4n) is 0.924. The van der Waals surface area contributed by atoms with E-state index >= 15 is 0 Å². The number of oxime groups is 1. The van der Waals surface area contributed by atoms with Gasteiger partial charge in [0.05, 0.1) is 24.1 Å². The van der Waals surface area contributed by atoms with Gasteiger partial charge in [-0.15, -0.1) is 0 Å². The second kappa shape index (κ2) is 4.73. The Kier molecular flexibility index (Phi) is 3.60. The zero-order chi connectivity index (χ0) is 12.2. The van der Waals surface area contributed by atoms with Crippen molar-refractivity contribution in [1.82, 2.24) is 15.1 Å². The molecule has 16 heavy (non-hydrogen) atoms. The SMILES string of the molecule is CNC(=O)ON=CC(C)(C)n1cc(F)cn1. The normalized spacial score (nSPS) is 11.8. The molecule has 0 aliphatic rings. The Bertz CT molecular complexity index is 400. The van der Waals surface area contributed by atoms with Crippen molar-refractivity contribution in [2.45, 2.75) is 19.4 Å². The van der Waals surface area contributed by atoms with Crippen molar-refractivity contribution in [1.29, 1.82) is 0 Å². The first-order valence-electron chi connectivity index (χ1n) is 4.59. The number of nitrogens with one attached hydrogen (secondary N) is 1. The van der Waals surface area contributed by atoms with Crippen LogP contribution in [-0.4, -0.2) is 29.1 Å². The van der Waals surface area contributed by atoms with Crippen LogP contribution in [0.2, 0.25) is 0 Å². The number of carbonyl (C=O) groups is 1. The third kappa shape index (κ3) is 3.04. The van der Waals surface area contributed by atoms with E-state index in [2.05, 4.69) is 20.4 Å². The van der Waals surface area contributed by atoms with E-state index in [1.807, 2.05) is 0 Å². The maximum atomic E-state index is 12.7. The molecule has 0 bridgehead atoms. The van der Waals surface area contributed by atoms with Crippen molar-refractivity contribution in [3.63, 3.8) is 0 Å². The Balaban J connectivity index is 2.68. The summed E-state index contributed by atoms with van der Waals surface area (Å²) in [6, 6.07) is 0. The summed E-state index contributed by atoms with van der Waals surface area (Å²) in [5.41, 5.74) is -0.682. The number of rotatable bonds is 3. The molecule has 0 aromatic carbocycles. The smallest absolute Gasteiger partial charge is 0.323 e. The molecule has 0 aliphatic carbocycles. The molecule has 0 unspecified atom stereocenters. The molecule has 1 rings (SSSR count). The second-order valence-electron chi connectivity index (χ2n) is 3.62. The predicted octanol–water partition coefficient (Wildman–Crippen LogP) is 1.10. The van der Waals surface area contributed by atoms with E-state index < -0.39 is 17.4 Å². The third-order valence-corrected chi connectivity index (χ3v) is 1.85. The number of halogens is 1. The van der Waals surface area contributed by atoms with Crippen LogP contribution in [0.4, 0.5) is 9.18 Å². The van der Waals surface area contributed by atoms with Gasteiger partial charge in [0.25, 0.3) is 0 Å². The van der Waals surface area contributed by atoms with Gasteiger partial charge < -0.3 is 5.32 Å². The summed E-state index contributed by atoms with van der Waals surface area (Å²) in [4.78, 5) is 15.1. The van der Waals surface area contributed by atoms with Crippen molar-refractivity contribution >= 4 is 12.3 Å². The van der Waals surface area contributed by atoms with E-state index in [1.54, 1.807) is 13.8 Å². The zero-order valence-corrected chi connectivity index (χ0v) is 9.27. The topological polar surface area (TPSA) is 68.5 Å². The number of nitrogens with zero attached hydrogens (tertiary/aromatic N) is 3. The summed E-state index contributed by atoms with van der Waals surface area (Å²) < 4.78 is 14.1. The van der Waals surface area contributed by atoms with Crippen LogP contribution in [0.3, 0.4) is 0 Å². The molecule has 1 aromatic rings. The van der Waals surface area contributed by atoms with E-state index in [0.29, 0.717) is 0 Å². The molecule has 0 aliphatic heterocycles. The molecule has 0 atom stereocenters. The molecule has 0 spiro atoms. The van der Waals surface area contributed by atoms with Crippen molar-refractivity contribution in [3.05, 3.63) is 18.2 Å². The highest BCUT2D eigenvalue weighted by molar-refractivity contribution is 5.70. The average molecular weight is 228 g/mol. The highest BCUT2D eigenvalue weighted by atomic mass is 19.1. The van der Waals surface area contributed by atoms with Gasteiger partial charge in [0.15, 0.2) is 5.82 Å². The second-order valence-corrected chi connectivity index (χ2v) is 3.62. The summed E-state index contributed by atoms with van der Waals surface area (Å²) in [7, 11) is 1.42. The summed E-state index contributed by atoms with van der Waals surface area (Å²) in [6.07, 6.45) is 3.01. The molecular weight excluding hydrogens is 215 g/mol. The lowest BCUT2D eigenvalue weighted by molar-refractivity contribution is 0.152. The minimum absolute atomic E-state index is 0.436. The van der Waals surface area contributed by atoms with Gasteiger partial charge >= 0.3 is 6.09 Å².